The fourth-order valence-electron chi connectivity index (χ4n) is 8.46. The van der Waals surface area contributed by atoms with Crippen LogP contribution >= 0.6 is 0 Å². The number of carbonyl (C=O) groups excluding carboxylic acids is 3. The zero-order valence-corrected chi connectivity index (χ0v) is 49.5. The molecule has 1 N–H and O–H groups in total. The molecular formula is C58H118N3O7Se. The maximum absolute atomic E-state index is 12.8. The smallest absolute Gasteiger partial charge is 0.380 e. The van der Waals surface area contributed by atoms with Gasteiger partial charge >= 0.3 is 236 Å². The van der Waals surface area contributed by atoms with Crippen molar-refractivity contribution in [2.75, 3.05) is 79.4 Å². The number of hydrogen-bond acceptors (Lipinski definition) is 10. The summed E-state index contributed by atoms with van der Waals surface area (Å²) in [6.45, 7) is 31.2. The first-order valence-corrected chi connectivity index (χ1v) is 30.2. The van der Waals surface area contributed by atoms with E-state index in [0.29, 0.717) is 19.6 Å². The van der Waals surface area contributed by atoms with Gasteiger partial charge in [-0.05, 0) is 32.4 Å². The molecule has 0 amide bonds. The van der Waals surface area contributed by atoms with Gasteiger partial charge in [-0.3, -0.25) is 0 Å². The molecule has 2 fully saturated rings. The molecule has 0 aromatic rings. The molecule has 11 heteroatoms. The fourth-order valence-corrected chi connectivity index (χ4v) is 8.88. The molecule has 0 bridgehead atoms. The molecule has 2 heterocycles. The van der Waals surface area contributed by atoms with Gasteiger partial charge in [0.25, 0.3) is 0 Å². The van der Waals surface area contributed by atoms with Crippen LogP contribution in [0.1, 0.15) is 255 Å². The number of unbranched alkanes of at least 4 members (excludes halogenated alkanes) is 15. The number of esters is 2. The third-order valence-corrected chi connectivity index (χ3v) is 13.7. The van der Waals surface area contributed by atoms with Crippen LogP contribution in [0.3, 0.4) is 0 Å². The van der Waals surface area contributed by atoms with Crippen molar-refractivity contribution in [3.05, 3.63) is 0 Å². The third kappa shape index (κ3) is 46.5. The van der Waals surface area contributed by atoms with Gasteiger partial charge in [0.1, 0.15) is 6.29 Å². The minimum absolute atomic E-state index is 0.0886. The van der Waals surface area contributed by atoms with Crippen LogP contribution in [0.25, 0.3) is 0 Å². The van der Waals surface area contributed by atoms with Crippen LogP contribution in [0.2, 0.25) is 4.31 Å². The van der Waals surface area contributed by atoms with Crippen molar-refractivity contribution >= 4 is 34.2 Å². The van der Waals surface area contributed by atoms with Gasteiger partial charge in [-0.1, -0.05) is 106 Å². The fraction of sp³-hybridized carbons (Fsp3) is 0.948. The number of nitrogens with one attached hydrogen (secondary N) is 1. The SMILES string of the molecule is CC.CCCCCC.CCCCCCCOC(=O)C1CC(OC)CN1CCCCCCC(C)([Se])C(=O)OCCCC(CCCCC)CCCCC.CCCCNCC.O=CCCN1CCCOCC1. The van der Waals surface area contributed by atoms with E-state index in [1.54, 1.807) is 7.11 Å². The molecule has 0 saturated carbocycles. The summed E-state index contributed by atoms with van der Waals surface area (Å²) in [6.07, 6.45) is 35.0. The summed E-state index contributed by atoms with van der Waals surface area (Å²) in [6, 6.07) is -0.188. The van der Waals surface area contributed by atoms with Gasteiger partial charge in [0, 0.05) is 32.7 Å². The molecule has 413 valence electrons. The van der Waals surface area contributed by atoms with Crippen LogP contribution in [0.4, 0.5) is 0 Å². The van der Waals surface area contributed by atoms with Crippen molar-refractivity contribution in [3.63, 3.8) is 0 Å². The zero-order valence-electron chi connectivity index (χ0n) is 47.8. The minimum atomic E-state index is -0.562. The Kier molecular flexibility index (Phi) is 58.8. The number of ether oxygens (including phenoxy) is 4. The van der Waals surface area contributed by atoms with Crippen LogP contribution in [-0.2, 0) is 33.3 Å². The summed E-state index contributed by atoms with van der Waals surface area (Å²) < 4.78 is 21.7. The second-order valence-corrected chi connectivity index (χ2v) is 21.3. The first kappa shape index (κ1) is 72.2. The van der Waals surface area contributed by atoms with Gasteiger partial charge in [0.15, 0.2) is 0 Å². The molecular weight excluding hydrogens is 930 g/mol. The summed E-state index contributed by atoms with van der Waals surface area (Å²) in [5.74, 6) is 0.586. The Morgan fingerprint density at radius 2 is 1.25 bits per heavy atom. The average Bonchev–Trinajstić information content (AvgIpc) is 3.60. The van der Waals surface area contributed by atoms with E-state index in [9.17, 15) is 14.4 Å². The topological polar surface area (TPSA) is 107 Å². The number of carbonyl (C=O) groups is 3. The molecule has 2 aliphatic rings. The van der Waals surface area contributed by atoms with Crippen LogP contribution < -0.4 is 5.32 Å². The van der Waals surface area contributed by atoms with Crippen molar-refractivity contribution in [2.24, 2.45) is 5.92 Å². The number of aldehydes is 1. The molecule has 0 aromatic carbocycles. The van der Waals surface area contributed by atoms with Crippen molar-refractivity contribution in [1.29, 1.82) is 0 Å². The van der Waals surface area contributed by atoms with E-state index in [4.69, 9.17) is 18.9 Å². The predicted octanol–water partition coefficient (Wildman–Crippen LogP) is 14.3. The summed E-state index contributed by atoms with van der Waals surface area (Å²) >= 11 is 3.12. The Balaban J connectivity index is -0.00000134. The van der Waals surface area contributed by atoms with Crippen LogP contribution in [0, 0.1) is 5.92 Å². The third-order valence-electron chi connectivity index (χ3n) is 13.0. The number of nitrogens with zero attached hydrogens (tertiary/aromatic N) is 2. The van der Waals surface area contributed by atoms with Crippen molar-refractivity contribution in [1.82, 2.24) is 15.1 Å². The zero-order chi connectivity index (χ0) is 52.1. The molecule has 0 aromatic heterocycles. The van der Waals surface area contributed by atoms with Crippen LogP contribution in [0.5, 0.6) is 0 Å². The van der Waals surface area contributed by atoms with Gasteiger partial charge < -0.3 is 19.7 Å². The van der Waals surface area contributed by atoms with E-state index >= 15 is 0 Å². The quantitative estimate of drug-likeness (QED) is 0.0278. The van der Waals surface area contributed by atoms with E-state index in [1.807, 2.05) is 20.8 Å². The molecule has 3 atom stereocenters. The van der Waals surface area contributed by atoms with Crippen LogP contribution in [-0.4, -0.2) is 136 Å². The maximum atomic E-state index is 12.8. The van der Waals surface area contributed by atoms with E-state index in [2.05, 4.69) is 79.6 Å². The summed E-state index contributed by atoms with van der Waals surface area (Å²) in [7, 11) is 1.73. The van der Waals surface area contributed by atoms with E-state index < -0.39 is 4.31 Å². The Hall–Kier alpha value is -1.07. The summed E-state index contributed by atoms with van der Waals surface area (Å²) in [5, 5.41) is 3.25. The Bertz CT molecular complexity index is 1040. The van der Waals surface area contributed by atoms with E-state index in [0.717, 1.165) is 129 Å². The van der Waals surface area contributed by atoms with E-state index in [1.165, 1.54) is 122 Å². The van der Waals surface area contributed by atoms with Crippen molar-refractivity contribution in [3.8, 4) is 0 Å². The number of likely N-dealkylation sites (tertiary alicyclic amines) is 1. The first-order valence-electron chi connectivity index (χ1n) is 29.3. The van der Waals surface area contributed by atoms with Gasteiger partial charge in [-0.15, -0.1) is 0 Å². The summed E-state index contributed by atoms with van der Waals surface area (Å²) in [4.78, 5) is 40.2. The van der Waals surface area contributed by atoms with Gasteiger partial charge in [-0.2, -0.15) is 0 Å². The Morgan fingerprint density at radius 3 is 1.84 bits per heavy atom. The molecule has 3 unspecified atom stereocenters. The standard InChI is InChI=1S/C36H68NO5Se.C8H15NO2.C6H15N.C6H14.C2H6/c1-6-9-12-15-20-27-41-34(38)33-29-32(40-5)30-37(33)26-19-14-13-18-25-36(4,43)35(39)42-28-21-24-31(22-16-10-7-2)23-17-11-8-3;10-6-1-3-9-4-2-7-11-8-5-9;1-3-5-6-7-4-2;1-3-5-6-4-2;1-2/h31-33H,6-30H2,1-5H3;6H,1-5,7-8H2;7H,3-6H2,1-2H3;3-6H2,1-2H3;1-2H3. The number of methoxy groups -OCH3 is 1. The average molecular weight is 1050 g/mol. The van der Waals surface area contributed by atoms with Gasteiger partial charge in [0.05, 0.1) is 6.61 Å². The van der Waals surface area contributed by atoms with Crippen molar-refractivity contribution in [2.45, 2.75) is 272 Å². The Labute approximate surface area is 437 Å². The second-order valence-electron chi connectivity index (χ2n) is 19.4. The predicted molar refractivity (Wildman–Crippen MR) is 297 cm³/mol. The number of hydrogen-bond donors (Lipinski definition) is 1. The molecule has 0 aliphatic carbocycles. The number of rotatable bonds is 38. The second kappa shape index (κ2) is 56.2. The molecule has 2 aliphatic heterocycles. The normalized spacial score (nSPS) is 16.8. The van der Waals surface area contributed by atoms with E-state index in [-0.39, 0.29) is 24.1 Å². The van der Waals surface area contributed by atoms with Gasteiger partial charge in [-0.25, -0.2) is 0 Å². The van der Waals surface area contributed by atoms with Gasteiger partial charge in [0.2, 0.25) is 0 Å². The Morgan fingerprint density at radius 1 is 0.696 bits per heavy atom. The van der Waals surface area contributed by atoms with Crippen molar-refractivity contribution < 1.29 is 33.3 Å². The molecule has 2 rings (SSSR count). The first-order chi connectivity index (χ1) is 33.5. The van der Waals surface area contributed by atoms with Crippen LogP contribution in [0.15, 0.2) is 0 Å². The molecule has 2 saturated heterocycles. The molecule has 0 spiro atoms. The summed E-state index contributed by atoms with van der Waals surface area (Å²) in [5.41, 5.74) is 0. The minimum Gasteiger partial charge on any atom is -0.380 e. The molecule has 1 radical (unpaired) electrons. The monoisotopic (exact) mass is 1050 g/mol. The molecule has 10 nitrogen and oxygen atoms in total. The molecule has 69 heavy (non-hydrogen) atoms.